The third-order valence-corrected chi connectivity index (χ3v) is 8.27. The SMILES string of the molecule is CC(=O)Oc1ccc2c(n1)c(CCN(C(C)C)C(C)C)cn2CC(C)N(CCc1c[nH]c2cc(C)c(=O)[nH]c12)C(C)C. The zero-order valence-corrected chi connectivity index (χ0v) is 26.7. The lowest BCUT2D eigenvalue weighted by Gasteiger charge is -2.33. The molecule has 4 heterocycles. The summed E-state index contributed by atoms with van der Waals surface area (Å²) in [5.74, 6) is -0.0355. The predicted molar refractivity (Wildman–Crippen MR) is 170 cm³/mol. The van der Waals surface area contributed by atoms with E-state index >= 15 is 0 Å². The number of hydrogen-bond acceptors (Lipinski definition) is 6. The van der Waals surface area contributed by atoms with Gasteiger partial charge in [-0.2, -0.15) is 0 Å². The molecular formula is C33H48N6O3. The topological polar surface area (TPSA) is 99.2 Å². The van der Waals surface area contributed by atoms with Gasteiger partial charge < -0.3 is 19.3 Å². The van der Waals surface area contributed by atoms with Gasteiger partial charge in [0.05, 0.1) is 22.1 Å². The highest BCUT2D eigenvalue weighted by atomic mass is 16.5. The summed E-state index contributed by atoms with van der Waals surface area (Å²) in [7, 11) is 0. The number of ether oxygens (including phenoxy) is 1. The van der Waals surface area contributed by atoms with E-state index in [1.165, 1.54) is 6.92 Å². The molecule has 9 heteroatoms. The molecular weight excluding hydrogens is 528 g/mol. The van der Waals surface area contributed by atoms with E-state index in [0.29, 0.717) is 29.6 Å². The van der Waals surface area contributed by atoms with Crippen LogP contribution in [0.3, 0.4) is 0 Å². The van der Waals surface area contributed by atoms with Gasteiger partial charge >= 0.3 is 5.97 Å². The van der Waals surface area contributed by atoms with E-state index in [-0.39, 0.29) is 17.6 Å². The monoisotopic (exact) mass is 576 g/mol. The number of aromatic amines is 2. The molecule has 0 fully saturated rings. The zero-order valence-electron chi connectivity index (χ0n) is 26.7. The highest BCUT2D eigenvalue weighted by Gasteiger charge is 2.22. The van der Waals surface area contributed by atoms with E-state index in [1.54, 1.807) is 6.07 Å². The lowest BCUT2D eigenvalue weighted by atomic mass is 10.1. The van der Waals surface area contributed by atoms with Crippen LogP contribution in [0.4, 0.5) is 0 Å². The van der Waals surface area contributed by atoms with E-state index in [2.05, 4.69) is 79.0 Å². The number of aromatic nitrogens is 4. The molecule has 2 N–H and O–H groups in total. The first-order chi connectivity index (χ1) is 19.8. The van der Waals surface area contributed by atoms with Crippen LogP contribution in [-0.2, 0) is 24.2 Å². The van der Waals surface area contributed by atoms with Crippen molar-refractivity contribution >= 4 is 28.0 Å². The first-order valence-corrected chi connectivity index (χ1v) is 15.2. The van der Waals surface area contributed by atoms with Gasteiger partial charge in [0.15, 0.2) is 0 Å². The first kappa shape index (κ1) is 31.5. The van der Waals surface area contributed by atoms with Crippen molar-refractivity contribution < 1.29 is 9.53 Å². The van der Waals surface area contributed by atoms with Crippen LogP contribution >= 0.6 is 0 Å². The lowest BCUT2D eigenvalue weighted by molar-refractivity contribution is -0.132. The third-order valence-electron chi connectivity index (χ3n) is 8.27. The maximum absolute atomic E-state index is 12.3. The first-order valence-electron chi connectivity index (χ1n) is 15.2. The van der Waals surface area contributed by atoms with Crippen molar-refractivity contribution in [1.29, 1.82) is 0 Å². The van der Waals surface area contributed by atoms with Crippen molar-refractivity contribution in [3.8, 4) is 5.88 Å². The van der Waals surface area contributed by atoms with Crippen LogP contribution in [0.5, 0.6) is 5.88 Å². The minimum Gasteiger partial charge on any atom is -0.408 e. The average molecular weight is 577 g/mol. The number of aryl methyl sites for hydroxylation is 1. The van der Waals surface area contributed by atoms with Crippen molar-refractivity contribution in [2.75, 3.05) is 13.1 Å². The van der Waals surface area contributed by atoms with E-state index < -0.39 is 0 Å². The molecule has 0 aliphatic carbocycles. The summed E-state index contributed by atoms with van der Waals surface area (Å²) >= 11 is 0. The number of pyridine rings is 2. The second kappa shape index (κ2) is 13.3. The molecule has 0 bridgehead atoms. The molecule has 0 amide bonds. The van der Waals surface area contributed by atoms with Gasteiger partial charge in [0.25, 0.3) is 5.56 Å². The molecule has 228 valence electrons. The molecule has 0 saturated heterocycles. The molecule has 0 aliphatic rings. The highest BCUT2D eigenvalue weighted by Crippen LogP contribution is 2.26. The van der Waals surface area contributed by atoms with E-state index in [9.17, 15) is 9.59 Å². The minimum atomic E-state index is -0.371. The lowest BCUT2D eigenvalue weighted by Crippen LogP contribution is -2.42. The number of esters is 1. The molecule has 4 rings (SSSR count). The molecule has 4 aromatic heterocycles. The van der Waals surface area contributed by atoms with Crippen molar-refractivity contribution in [3.63, 3.8) is 0 Å². The van der Waals surface area contributed by atoms with Gasteiger partial charge in [-0.25, -0.2) is 4.98 Å². The molecule has 0 saturated carbocycles. The second-order valence-corrected chi connectivity index (χ2v) is 12.4. The number of hydrogen-bond donors (Lipinski definition) is 2. The summed E-state index contributed by atoms with van der Waals surface area (Å²) in [5.41, 5.74) is 6.75. The smallest absolute Gasteiger partial charge is 0.309 e. The quantitative estimate of drug-likeness (QED) is 0.206. The van der Waals surface area contributed by atoms with Gasteiger partial charge in [0, 0.05) is 74.7 Å². The maximum Gasteiger partial charge on any atom is 0.309 e. The summed E-state index contributed by atoms with van der Waals surface area (Å²) < 4.78 is 7.65. The number of carbonyl (C=O) groups excluding carboxylic acids is 1. The molecule has 4 aromatic rings. The van der Waals surface area contributed by atoms with Crippen molar-refractivity contribution in [3.05, 3.63) is 57.6 Å². The van der Waals surface area contributed by atoms with Crippen LogP contribution in [0.1, 0.15) is 72.1 Å². The molecule has 9 nitrogen and oxygen atoms in total. The molecule has 1 unspecified atom stereocenters. The Morgan fingerprint density at radius 2 is 1.62 bits per heavy atom. The summed E-state index contributed by atoms with van der Waals surface area (Å²) in [6, 6.07) is 7.19. The van der Waals surface area contributed by atoms with Gasteiger partial charge in [0.1, 0.15) is 0 Å². The Bertz CT molecular complexity index is 1570. The number of carbonyl (C=O) groups is 1. The predicted octanol–water partition coefficient (Wildman–Crippen LogP) is 5.44. The van der Waals surface area contributed by atoms with Crippen LogP contribution in [0.15, 0.2) is 35.4 Å². The normalized spacial score (nSPS) is 13.1. The molecule has 0 radical (unpaired) electrons. The standard InChI is InChI=1S/C33H48N6O3/c1-20(2)38(21(3)4)14-13-27-19-37(29-10-11-30(35-32(27)29)42-25(9)40)18-24(8)39(22(5)6)15-12-26-17-34-28-16-23(7)33(41)36-31(26)28/h10-11,16-17,19-22,24,34H,12-15,18H2,1-9H3,(H,36,41). The number of rotatable bonds is 13. The fraction of sp³-hybridized carbons (Fsp3) is 0.545. The molecule has 0 aliphatic heterocycles. The van der Waals surface area contributed by atoms with E-state index in [0.717, 1.165) is 65.7 Å². The van der Waals surface area contributed by atoms with Crippen LogP contribution in [-0.4, -0.2) is 72.5 Å². The van der Waals surface area contributed by atoms with Gasteiger partial charge in [-0.1, -0.05) is 0 Å². The summed E-state index contributed by atoms with van der Waals surface area (Å²) in [6.07, 6.45) is 5.93. The van der Waals surface area contributed by atoms with Crippen LogP contribution in [0.2, 0.25) is 0 Å². The van der Waals surface area contributed by atoms with Crippen LogP contribution in [0.25, 0.3) is 22.1 Å². The van der Waals surface area contributed by atoms with Crippen LogP contribution < -0.4 is 10.3 Å². The molecule has 0 spiro atoms. The average Bonchev–Trinajstić information content (AvgIpc) is 3.44. The molecule has 42 heavy (non-hydrogen) atoms. The van der Waals surface area contributed by atoms with Crippen LogP contribution in [0, 0.1) is 6.92 Å². The Kier molecular flexibility index (Phi) is 9.94. The van der Waals surface area contributed by atoms with Gasteiger partial charge in [-0.15, -0.1) is 0 Å². The Hall–Kier alpha value is -3.43. The number of H-pyrrole nitrogens is 2. The summed E-state index contributed by atoms with van der Waals surface area (Å²) in [6.45, 7) is 21.5. The second-order valence-electron chi connectivity index (χ2n) is 12.4. The van der Waals surface area contributed by atoms with Gasteiger partial charge in [-0.3, -0.25) is 19.4 Å². The van der Waals surface area contributed by atoms with E-state index in [1.807, 2.05) is 25.3 Å². The Labute approximate surface area is 249 Å². The van der Waals surface area contributed by atoms with Gasteiger partial charge in [-0.05, 0) is 91.5 Å². The summed E-state index contributed by atoms with van der Waals surface area (Å²) in [5, 5.41) is 0. The Balaban J connectivity index is 1.58. The minimum absolute atomic E-state index is 0.0388. The van der Waals surface area contributed by atoms with Crippen molar-refractivity contribution in [2.45, 2.75) is 106 Å². The van der Waals surface area contributed by atoms with Crippen molar-refractivity contribution in [1.82, 2.24) is 29.3 Å². The summed E-state index contributed by atoms with van der Waals surface area (Å²) in [4.78, 5) is 40.0. The highest BCUT2D eigenvalue weighted by molar-refractivity contribution is 5.81. The fourth-order valence-electron chi connectivity index (χ4n) is 6.18. The number of nitrogens with one attached hydrogen (secondary N) is 2. The number of fused-ring (bicyclic) bond motifs is 2. The number of nitrogens with zero attached hydrogens (tertiary/aromatic N) is 4. The van der Waals surface area contributed by atoms with Crippen molar-refractivity contribution in [2.24, 2.45) is 0 Å². The largest absolute Gasteiger partial charge is 0.408 e. The fourth-order valence-corrected chi connectivity index (χ4v) is 6.18. The Morgan fingerprint density at radius 1 is 0.976 bits per heavy atom. The maximum atomic E-state index is 12.3. The van der Waals surface area contributed by atoms with E-state index in [4.69, 9.17) is 9.72 Å². The molecule has 1 atom stereocenters. The van der Waals surface area contributed by atoms with Gasteiger partial charge in [0.2, 0.25) is 5.88 Å². The molecule has 0 aromatic carbocycles. The third kappa shape index (κ3) is 7.13. The Morgan fingerprint density at radius 3 is 2.26 bits per heavy atom. The zero-order chi connectivity index (χ0) is 30.7.